The predicted molar refractivity (Wildman–Crippen MR) is 140 cm³/mol. The average molecular weight is 604 g/mol. The minimum atomic E-state index is -5.88. The number of fused-ring (bicyclic) bond motifs is 2. The maximum atomic E-state index is 13.2. The lowest BCUT2D eigenvalue weighted by molar-refractivity contribution is -0.145. The van der Waals surface area contributed by atoms with Crippen molar-refractivity contribution in [2.45, 2.75) is 50.6 Å². The van der Waals surface area contributed by atoms with Crippen molar-refractivity contribution in [2.24, 2.45) is 0 Å². The molecular weight excluding hydrogens is 579 g/mol. The van der Waals surface area contributed by atoms with Gasteiger partial charge in [0.2, 0.25) is 5.91 Å². The van der Waals surface area contributed by atoms with Gasteiger partial charge in [-0.2, -0.15) is 21.6 Å². The summed E-state index contributed by atoms with van der Waals surface area (Å²) >= 11 is 1.04. The number of carbonyl (C=O) groups excluding carboxylic acids is 2. The van der Waals surface area contributed by atoms with E-state index in [4.69, 9.17) is 4.74 Å². The molecule has 216 valence electrons. The van der Waals surface area contributed by atoms with E-state index >= 15 is 0 Å². The third-order valence-corrected chi connectivity index (χ3v) is 8.01. The van der Waals surface area contributed by atoms with Gasteiger partial charge in [0.05, 0.1) is 5.54 Å². The molecule has 0 spiro atoms. The standard InChI is InChI=1S/C25H24F3NO9S2/c1-14(30)29-24(10-8-22(32)33,13-37-15(2)31)9-7-16-3-6-20-19(11-16)23(34)18-5-4-17(12-21(18)39-20)38-40(35,36)25(26,27)28/h3-6,11-12H,7-10,13H2,1-2H3,(H,29,30)(H,32,33). The van der Waals surface area contributed by atoms with Gasteiger partial charge in [0.1, 0.15) is 12.4 Å². The van der Waals surface area contributed by atoms with Crippen LogP contribution in [0.25, 0.3) is 20.2 Å². The van der Waals surface area contributed by atoms with Crippen LogP contribution < -0.4 is 14.9 Å². The molecule has 0 fully saturated rings. The van der Waals surface area contributed by atoms with Gasteiger partial charge in [0.15, 0.2) is 5.43 Å². The van der Waals surface area contributed by atoms with Crippen molar-refractivity contribution in [1.82, 2.24) is 5.32 Å². The first-order valence-electron chi connectivity index (χ1n) is 11.7. The molecule has 0 radical (unpaired) electrons. The summed E-state index contributed by atoms with van der Waals surface area (Å²) < 4.78 is 70.6. The number of carboxylic acids is 1. The normalized spacial score (nSPS) is 13.5. The predicted octanol–water partition coefficient (Wildman–Crippen LogP) is 3.88. The van der Waals surface area contributed by atoms with Crippen molar-refractivity contribution in [3.05, 3.63) is 52.2 Å². The summed E-state index contributed by atoms with van der Waals surface area (Å²) in [6.07, 6.45) is 0.129. The second kappa shape index (κ2) is 11.8. The van der Waals surface area contributed by atoms with E-state index in [-0.39, 0.29) is 42.4 Å². The second-order valence-electron chi connectivity index (χ2n) is 9.04. The number of alkyl halides is 3. The molecule has 0 aliphatic carbocycles. The molecule has 3 rings (SSSR count). The topological polar surface area (TPSA) is 153 Å². The van der Waals surface area contributed by atoms with Crippen molar-refractivity contribution in [3.63, 3.8) is 0 Å². The molecule has 0 saturated heterocycles. The van der Waals surface area contributed by atoms with Gasteiger partial charge in [-0.3, -0.25) is 19.2 Å². The molecule has 1 heterocycles. The van der Waals surface area contributed by atoms with Gasteiger partial charge in [-0.1, -0.05) is 6.07 Å². The van der Waals surface area contributed by atoms with Gasteiger partial charge in [-0.15, -0.1) is 11.3 Å². The highest BCUT2D eigenvalue weighted by molar-refractivity contribution is 7.88. The Morgan fingerprint density at radius 1 is 1.00 bits per heavy atom. The summed E-state index contributed by atoms with van der Waals surface area (Å²) in [4.78, 5) is 47.8. The maximum absolute atomic E-state index is 13.2. The molecule has 1 atom stereocenters. The fourth-order valence-corrected chi connectivity index (χ4v) is 5.57. The summed E-state index contributed by atoms with van der Waals surface area (Å²) in [7, 11) is -5.88. The molecule has 10 nitrogen and oxygen atoms in total. The molecule has 0 saturated carbocycles. The number of amides is 1. The highest BCUT2D eigenvalue weighted by Crippen LogP contribution is 2.32. The van der Waals surface area contributed by atoms with Gasteiger partial charge in [-0.25, -0.2) is 0 Å². The zero-order valence-corrected chi connectivity index (χ0v) is 22.8. The lowest BCUT2D eigenvalue weighted by Gasteiger charge is -2.34. The molecule has 2 aromatic carbocycles. The molecule has 1 amide bonds. The van der Waals surface area contributed by atoms with Crippen LogP contribution in [-0.4, -0.2) is 49.0 Å². The van der Waals surface area contributed by atoms with Crippen LogP contribution in [0.4, 0.5) is 13.2 Å². The van der Waals surface area contributed by atoms with Crippen LogP contribution in [0.1, 0.15) is 38.7 Å². The summed E-state index contributed by atoms with van der Waals surface area (Å²) in [6.45, 7) is 2.19. The number of carboxylic acid groups (broad SMARTS) is 1. The van der Waals surface area contributed by atoms with Crippen LogP contribution in [0.5, 0.6) is 5.75 Å². The van der Waals surface area contributed by atoms with Crippen molar-refractivity contribution in [3.8, 4) is 5.75 Å². The van der Waals surface area contributed by atoms with E-state index < -0.39 is 50.2 Å². The SMILES string of the molecule is CC(=O)NC(CCC(=O)O)(CCc1ccc2sc3cc(OS(=O)(=O)C(F)(F)F)ccc3c(=O)c2c1)COC(C)=O. The first-order chi connectivity index (χ1) is 18.5. The second-order valence-corrected chi connectivity index (χ2v) is 11.7. The Balaban J connectivity index is 1.94. The number of hydrogen-bond donors (Lipinski definition) is 2. The number of esters is 1. The first kappa shape index (κ1) is 30.8. The number of hydrogen-bond acceptors (Lipinski definition) is 9. The first-order valence-corrected chi connectivity index (χ1v) is 13.9. The monoisotopic (exact) mass is 603 g/mol. The minimum Gasteiger partial charge on any atom is -0.481 e. The van der Waals surface area contributed by atoms with E-state index in [1.165, 1.54) is 19.9 Å². The number of aliphatic carboxylic acids is 1. The van der Waals surface area contributed by atoms with E-state index in [9.17, 15) is 45.9 Å². The van der Waals surface area contributed by atoms with Crippen LogP contribution >= 0.6 is 11.3 Å². The van der Waals surface area contributed by atoms with Crippen molar-refractivity contribution in [2.75, 3.05) is 6.61 Å². The number of rotatable bonds is 11. The van der Waals surface area contributed by atoms with Crippen LogP contribution in [0.15, 0.2) is 41.2 Å². The van der Waals surface area contributed by atoms with Crippen molar-refractivity contribution < 1.29 is 50.0 Å². The molecule has 15 heteroatoms. The molecule has 2 N–H and O–H groups in total. The Labute approximate surface area is 229 Å². The minimum absolute atomic E-state index is 0.0171. The summed E-state index contributed by atoms with van der Waals surface area (Å²) in [6, 6.07) is 8.06. The molecule has 1 aromatic heterocycles. The van der Waals surface area contributed by atoms with Crippen LogP contribution in [0, 0.1) is 0 Å². The van der Waals surface area contributed by atoms with Gasteiger partial charge in [-0.05, 0) is 55.2 Å². The van der Waals surface area contributed by atoms with Gasteiger partial charge in [0.25, 0.3) is 0 Å². The largest absolute Gasteiger partial charge is 0.534 e. The number of carbonyl (C=O) groups is 3. The van der Waals surface area contributed by atoms with Gasteiger partial charge in [0, 0.05) is 40.4 Å². The average Bonchev–Trinajstić information content (AvgIpc) is 2.84. The fraction of sp³-hybridized carbons (Fsp3) is 0.360. The van der Waals surface area contributed by atoms with Crippen LogP contribution in [-0.2, 0) is 35.7 Å². The van der Waals surface area contributed by atoms with Crippen molar-refractivity contribution in [1.29, 1.82) is 0 Å². The Morgan fingerprint density at radius 3 is 2.30 bits per heavy atom. The number of nitrogens with one attached hydrogen (secondary N) is 1. The zero-order valence-electron chi connectivity index (χ0n) is 21.2. The van der Waals surface area contributed by atoms with E-state index in [1.54, 1.807) is 18.2 Å². The lowest BCUT2D eigenvalue weighted by Crippen LogP contribution is -2.52. The third-order valence-electron chi connectivity index (χ3n) is 5.90. The summed E-state index contributed by atoms with van der Waals surface area (Å²) in [5.74, 6) is -2.75. The highest BCUT2D eigenvalue weighted by Gasteiger charge is 2.48. The molecule has 40 heavy (non-hydrogen) atoms. The zero-order chi connectivity index (χ0) is 29.9. The highest BCUT2D eigenvalue weighted by atomic mass is 32.2. The van der Waals surface area contributed by atoms with E-state index in [0.29, 0.717) is 15.6 Å². The number of ether oxygens (including phenoxy) is 1. The fourth-order valence-electron chi connectivity index (χ4n) is 4.04. The van der Waals surface area contributed by atoms with Gasteiger partial charge < -0.3 is 19.3 Å². The van der Waals surface area contributed by atoms with Crippen molar-refractivity contribution >= 4 is 59.5 Å². The molecule has 3 aromatic rings. The molecule has 0 aliphatic heterocycles. The summed E-state index contributed by atoms with van der Waals surface area (Å²) in [5, 5.41) is 12.3. The number of halogens is 3. The Morgan fingerprint density at radius 2 is 1.70 bits per heavy atom. The maximum Gasteiger partial charge on any atom is 0.534 e. The molecular formula is C25H24F3NO9S2. The Bertz CT molecular complexity index is 1610. The quantitative estimate of drug-likeness (QED) is 0.144. The smallest absolute Gasteiger partial charge is 0.481 e. The van der Waals surface area contributed by atoms with E-state index in [0.717, 1.165) is 23.5 Å². The Kier molecular flexibility index (Phi) is 9.09. The summed E-state index contributed by atoms with van der Waals surface area (Å²) in [5.41, 5.74) is -6.59. The molecule has 0 aliphatic rings. The lowest BCUT2D eigenvalue weighted by atomic mass is 9.87. The van der Waals surface area contributed by atoms with Crippen LogP contribution in [0.3, 0.4) is 0 Å². The van der Waals surface area contributed by atoms with E-state index in [1.807, 2.05) is 0 Å². The number of aryl methyl sites for hydroxylation is 1. The van der Waals surface area contributed by atoms with Gasteiger partial charge >= 0.3 is 27.6 Å². The van der Waals surface area contributed by atoms with E-state index in [2.05, 4.69) is 9.50 Å². The molecule has 0 bridgehead atoms. The van der Waals surface area contributed by atoms with Crippen LogP contribution in [0.2, 0.25) is 0 Å². The third kappa shape index (κ3) is 7.47. The number of benzene rings is 2. The Hall–Kier alpha value is -3.72. The molecule has 1 unspecified atom stereocenters.